The predicted octanol–water partition coefficient (Wildman–Crippen LogP) is 21.4. The summed E-state index contributed by atoms with van der Waals surface area (Å²) in [6.07, 6.45) is 76.1. The molecule has 0 spiro atoms. The molecule has 0 radical (unpaired) electrons. The van der Waals surface area contributed by atoms with Crippen LogP contribution in [-0.4, -0.2) is 37.2 Å². The van der Waals surface area contributed by atoms with Crippen molar-refractivity contribution in [1.29, 1.82) is 0 Å². The van der Waals surface area contributed by atoms with Gasteiger partial charge in [0, 0.05) is 19.3 Å². The molecule has 0 aliphatic heterocycles. The van der Waals surface area contributed by atoms with E-state index in [4.69, 9.17) is 14.2 Å². The van der Waals surface area contributed by atoms with Crippen LogP contribution in [0.1, 0.15) is 335 Å². The van der Waals surface area contributed by atoms with Gasteiger partial charge in [0.2, 0.25) is 0 Å². The lowest BCUT2D eigenvalue weighted by Crippen LogP contribution is -2.30. The number of hydrogen-bond acceptors (Lipinski definition) is 6. The first-order valence-electron chi connectivity index (χ1n) is 31.6. The highest BCUT2D eigenvalue weighted by Crippen LogP contribution is 2.17. The number of hydrogen-bond donors (Lipinski definition) is 0. The molecule has 0 rings (SSSR count). The number of allylic oxidation sites excluding steroid dienone is 8. The summed E-state index contributed by atoms with van der Waals surface area (Å²) in [4.78, 5) is 37.8. The molecule has 1 unspecified atom stereocenters. The Kier molecular flexibility index (Phi) is 58.7. The zero-order valence-corrected chi connectivity index (χ0v) is 48.2. The molecule has 0 N–H and O–H groups in total. The number of carbonyl (C=O) groups is 3. The van der Waals surface area contributed by atoms with E-state index in [1.54, 1.807) is 0 Å². The molecule has 6 nitrogen and oxygen atoms in total. The molecule has 0 fully saturated rings. The van der Waals surface area contributed by atoms with Crippen LogP contribution in [0.4, 0.5) is 0 Å². The minimum Gasteiger partial charge on any atom is -0.462 e. The molecule has 0 saturated carbocycles. The van der Waals surface area contributed by atoms with Crippen molar-refractivity contribution < 1.29 is 28.6 Å². The highest BCUT2D eigenvalue weighted by molar-refractivity contribution is 5.71. The lowest BCUT2D eigenvalue weighted by Gasteiger charge is -2.18. The van der Waals surface area contributed by atoms with Gasteiger partial charge in [-0.1, -0.05) is 288 Å². The van der Waals surface area contributed by atoms with Crippen molar-refractivity contribution in [3.05, 3.63) is 48.6 Å². The summed E-state index contributed by atoms with van der Waals surface area (Å²) in [7, 11) is 0. The molecule has 0 aromatic carbocycles. The van der Waals surface area contributed by atoms with E-state index in [0.29, 0.717) is 19.3 Å². The van der Waals surface area contributed by atoms with E-state index in [2.05, 4.69) is 69.4 Å². The first kappa shape index (κ1) is 69.4. The van der Waals surface area contributed by atoms with E-state index in [9.17, 15) is 14.4 Å². The monoisotopic (exact) mass is 1010 g/mol. The molecular formula is C66H120O6. The predicted molar refractivity (Wildman–Crippen MR) is 312 cm³/mol. The van der Waals surface area contributed by atoms with Gasteiger partial charge in [0.1, 0.15) is 13.2 Å². The van der Waals surface area contributed by atoms with Gasteiger partial charge >= 0.3 is 17.9 Å². The van der Waals surface area contributed by atoms with Crippen LogP contribution >= 0.6 is 0 Å². The van der Waals surface area contributed by atoms with Crippen molar-refractivity contribution in [2.45, 2.75) is 341 Å². The maximum absolute atomic E-state index is 12.8. The summed E-state index contributed by atoms with van der Waals surface area (Å²) in [5.41, 5.74) is 0. The van der Waals surface area contributed by atoms with Crippen molar-refractivity contribution in [3.63, 3.8) is 0 Å². The molecular weight excluding hydrogens is 889 g/mol. The second kappa shape index (κ2) is 60.9. The van der Waals surface area contributed by atoms with Gasteiger partial charge < -0.3 is 14.2 Å². The number of esters is 3. The smallest absolute Gasteiger partial charge is 0.306 e. The Balaban J connectivity index is 3.87. The van der Waals surface area contributed by atoms with Crippen LogP contribution in [0.25, 0.3) is 0 Å². The molecule has 6 heteroatoms. The molecule has 0 aromatic heterocycles. The molecule has 420 valence electrons. The maximum Gasteiger partial charge on any atom is 0.306 e. The lowest BCUT2D eigenvalue weighted by atomic mass is 10.0. The van der Waals surface area contributed by atoms with Crippen LogP contribution in [0.5, 0.6) is 0 Å². The third-order valence-corrected chi connectivity index (χ3v) is 14.0. The van der Waals surface area contributed by atoms with Crippen LogP contribution < -0.4 is 0 Å². The van der Waals surface area contributed by atoms with Crippen molar-refractivity contribution in [1.82, 2.24) is 0 Å². The Bertz CT molecular complexity index is 1250. The third kappa shape index (κ3) is 58.3. The van der Waals surface area contributed by atoms with Crippen molar-refractivity contribution in [2.75, 3.05) is 13.2 Å². The summed E-state index contributed by atoms with van der Waals surface area (Å²) in [6.45, 7) is 6.52. The summed E-state index contributed by atoms with van der Waals surface area (Å²) in [5, 5.41) is 0. The fraction of sp³-hybridized carbons (Fsp3) is 0.833. The van der Waals surface area contributed by atoms with Gasteiger partial charge in [0.25, 0.3) is 0 Å². The van der Waals surface area contributed by atoms with Gasteiger partial charge in [-0.25, -0.2) is 0 Å². The van der Waals surface area contributed by atoms with Crippen molar-refractivity contribution in [3.8, 4) is 0 Å². The summed E-state index contributed by atoms with van der Waals surface area (Å²) in [6, 6.07) is 0. The molecule has 0 aromatic rings. The van der Waals surface area contributed by atoms with Gasteiger partial charge in [-0.3, -0.25) is 14.4 Å². The fourth-order valence-corrected chi connectivity index (χ4v) is 9.28. The van der Waals surface area contributed by atoms with E-state index >= 15 is 0 Å². The van der Waals surface area contributed by atoms with Crippen LogP contribution in [-0.2, 0) is 28.6 Å². The Morgan fingerprint density at radius 2 is 0.528 bits per heavy atom. The average Bonchev–Trinajstić information content (AvgIpc) is 3.38. The quantitative estimate of drug-likeness (QED) is 0.0261. The Morgan fingerprint density at radius 3 is 0.819 bits per heavy atom. The minimum absolute atomic E-state index is 0.0750. The zero-order valence-electron chi connectivity index (χ0n) is 48.2. The minimum atomic E-state index is -0.774. The molecule has 72 heavy (non-hydrogen) atoms. The largest absolute Gasteiger partial charge is 0.462 e. The molecule has 0 amide bonds. The summed E-state index contributed by atoms with van der Waals surface area (Å²) < 4.78 is 16.7. The maximum atomic E-state index is 12.8. The van der Waals surface area contributed by atoms with E-state index in [0.717, 1.165) is 96.3 Å². The Hall–Kier alpha value is -2.63. The second-order valence-electron chi connectivity index (χ2n) is 21.3. The Labute approximate surface area is 448 Å². The number of rotatable bonds is 58. The first-order chi connectivity index (χ1) is 35.5. The van der Waals surface area contributed by atoms with Crippen molar-refractivity contribution >= 4 is 17.9 Å². The van der Waals surface area contributed by atoms with Gasteiger partial charge in [-0.05, 0) is 77.0 Å². The second-order valence-corrected chi connectivity index (χ2v) is 21.3. The van der Waals surface area contributed by atoms with Crippen LogP contribution in [0.2, 0.25) is 0 Å². The van der Waals surface area contributed by atoms with Gasteiger partial charge in [-0.15, -0.1) is 0 Å². The third-order valence-electron chi connectivity index (χ3n) is 14.0. The van der Waals surface area contributed by atoms with E-state index in [1.165, 1.54) is 199 Å². The van der Waals surface area contributed by atoms with Crippen LogP contribution in [0.15, 0.2) is 48.6 Å². The molecule has 0 aliphatic carbocycles. The number of ether oxygens (including phenoxy) is 3. The van der Waals surface area contributed by atoms with Gasteiger partial charge in [-0.2, -0.15) is 0 Å². The standard InChI is InChI=1S/C66H120O6/c1-4-7-10-13-16-18-20-22-23-24-25-26-27-28-29-30-31-32-33-34-35-36-37-38-39-40-41-42-43-45-46-48-50-53-56-59-65(68)71-62-63(61-70-64(67)58-55-52-15-12-9-6-3)72-66(69)60-57-54-51-49-47-44-21-19-17-14-11-8-5-2/h11,14,19-22,24-25,63H,4-10,12-13,15-18,23,26-62H2,1-3H3/b14-11-,21-19-,22-20-,25-24-. The van der Waals surface area contributed by atoms with Gasteiger partial charge in [0.15, 0.2) is 6.10 Å². The summed E-state index contributed by atoms with van der Waals surface area (Å²) in [5.74, 6) is -0.886. The Morgan fingerprint density at radius 1 is 0.278 bits per heavy atom. The SMILES string of the molecule is CCC/C=C\C/C=C\CCCCCCCC(=O)OC(COC(=O)CCCCCCCC)COC(=O)CCCCCCCCCCCCCCCCCCCCCCCCC/C=C\C/C=C\CCCCCCC. The fourth-order valence-electron chi connectivity index (χ4n) is 9.28. The summed E-state index contributed by atoms with van der Waals surface area (Å²) >= 11 is 0. The number of unbranched alkanes of at least 4 members (excludes halogenated alkanes) is 39. The molecule has 0 bridgehead atoms. The lowest BCUT2D eigenvalue weighted by molar-refractivity contribution is -0.167. The highest BCUT2D eigenvalue weighted by atomic mass is 16.6. The highest BCUT2D eigenvalue weighted by Gasteiger charge is 2.19. The van der Waals surface area contributed by atoms with Crippen molar-refractivity contribution in [2.24, 2.45) is 0 Å². The normalized spacial score (nSPS) is 12.3. The van der Waals surface area contributed by atoms with E-state index in [1.807, 2.05) is 0 Å². The van der Waals surface area contributed by atoms with E-state index < -0.39 is 6.10 Å². The van der Waals surface area contributed by atoms with E-state index in [-0.39, 0.29) is 31.1 Å². The molecule has 0 aliphatic rings. The zero-order chi connectivity index (χ0) is 52.2. The average molecular weight is 1010 g/mol. The molecule has 1 atom stereocenters. The van der Waals surface area contributed by atoms with Crippen LogP contribution in [0.3, 0.4) is 0 Å². The molecule has 0 heterocycles. The number of carbonyl (C=O) groups excluding carboxylic acids is 3. The van der Waals surface area contributed by atoms with Crippen LogP contribution in [0, 0.1) is 0 Å². The van der Waals surface area contributed by atoms with Gasteiger partial charge in [0.05, 0.1) is 0 Å². The first-order valence-corrected chi connectivity index (χ1v) is 31.6. The topological polar surface area (TPSA) is 78.9 Å². The molecule has 0 saturated heterocycles.